The Morgan fingerprint density at radius 1 is 1.10 bits per heavy atom. The molecule has 0 aromatic heterocycles. The van der Waals surface area contributed by atoms with Crippen LogP contribution in [-0.2, 0) is 4.79 Å². The Bertz CT molecular complexity index is 389. The Labute approximate surface area is 126 Å². The first-order chi connectivity index (χ1) is 9.90. The van der Waals surface area contributed by atoms with E-state index in [1.807, 2.05) is 0 Å². The van der Waals surface area contributed by atoms with Crippen molar-refractivity contribution in [2.75, 3.05) is 0 Å². The van der Waals surface area contributed by atoms with Crippen LogP contribution in [0.15, 0.2) is 0 Å². The van der Waals surface area contributed by atoms with Crippen molar-refractivity contribution in [1.82, 2.24) is 10.6 Å². The second-order valence-electron chi connectivity index (χ2n) is 7.27. The second-order valence-corrected chi connectivity index (χ2v) is 7.27. The molecular weight excluding hydrogens is 268 g/mol. The minimum atomic E-state index is -0.914. The lowest BCUT2D eigenvalue weighted by Gasteiger charge is -2.31. The maximum absolute atomic E-state index is 12.2. The molecule has 0 aromatic carbocycles. The van der Waals surface area contributed by atoms with Gasteiger partial charge >= 0.3 is 12.0 Å². The molecule has 0 saturated heterocycles. The van der Waals surface area contributed by atoms with Crippen LogP contribution >= 0.6 is 0 Å². The second kappa shape index (κ2) is 6.67. The van der Waals surface area contributed by atoms with Gasteiger partial charge in [-0.25, -0.2) is 9.59 Å². The molecule has 3 N–H and O–H groups in total. The monoisotopic (exact) mass is 296 g/mol. The molecule has 2 aliphatic rings. The molecule has 2 aliphatic carbocycles. The predicted octanol–water partition coefficient (Wildman–Crippen LogP) is 2.90. The van der Waals surface area contributed by atoms with Gasteiger partial charge in [-0.1, -0.05) is 39.5 Å². The molecule has 21 heavy (non-hydrogen) atoms. The first kappa shape index (κ1) is 16.1. The lowest BCUT2D eigenvalue weighted by atomic mass is 9.84. The number of carboxylic acids is 1. The number of carbonyl (C=O) groups excluding carboxylic acids is 1. The summed E-state index contributed by atoms with van der Waals surface area (Å²) in [4.78, 5) is 23.6. The van der Waals surface area contributed by atoms with Crippen molar-refractivity contribution in [1.29, 1.82) is 0 Å². The molecule has 2 fully saturated rings. The number of hydrogen-bond acceptors (Lipinski definition) is 2. The van der Waals surface area contributed by atoms with E-state index in [0.717, 1.165) is 44.9 Å². The largest absolute Gasteiger partial charge is 0.480 e. The van der Waals surface area contributed by atoms with Crippen molar-refractivity contribution in [2.45, 2.75) is 77.3 Å². The minimum absolute atomic E-state index is 0.0681. The summed E-state index contributed by atoms with van der Waals surface area (Å²) in [5, 5.41) is 15.1. The topological polar surface area (TPSA) is 78.4 Å². The van der Waals surface area contributed by atoms with Gasteiger partial charge < -0.3 is 15.7 Å². The first-order valence-corrected chi connectivity index (χ1v) is 8.20. The molecule has 0 aliphatic heterocycles. The normalized spacial score (nSPS) is 27.0. The van der Waals surface area contributed by atoms with Crippen molar-refractivity contribution < 1.29 is 14.7 Å². The van der Waals surface area contributed by atoms with E-state index in [1.165, 1.54) is 6.42 Å². The SMILES string of the molecule is CC1(C)CCCC1NC(=O)NC(C(=O)O)C1CCCCC1. The van der Waals surface area contributed by atoms with Crippen LogP contribution in [0.2, 0.25) is 0 Å². The van der Waals surface area contributed by atoms with Crippen LogP contribution in [0.3, 0.4) is 0 Å². The maximum Gasteiger partial charge on any atom is 0.326 e. The van der Waals surface area contributed by atoms with Gasteiger partial charge in [0.1, 0.15) is 6.04 Å². The highest BCUT2D eigenvalue weighted by atomic mass is 16.4. The average Bonchev–Trinajstić information content (AvgIpc) is 2.76. The number of carbonyl (C=O) groups is 2. The van der Waals surface area contributed by atoms with Gasteiger partial charge in [0.25, 0.3) is 0 Å². The van der Waals surface area contributed by atoms with Gasteiger partial charge in [0.05, 0.1) is 0 Å². The summed E-state index contributed by atoms with van der Waals surface area (Å²) in [6.45, 7) is 4.31. The van der Waals surface area contributed by atoms with Crippen molar-refractivity contribution in [3.8, 4) is 0 Å². The molecule has 2 unspecified atom stereocenters. The molecule has 2 saturated carbocycles. The maximum atomic E-state index is 12.2. The van der Waals surface area contributed by atoms with Crippen LogP contribution in [-0.4, -0.2) is 29.2 Å². The zero-order valence-electron chi connectivity index (χ0n) is 13.2. The van der Waals surface area contributed by atoms with Gasteiger partial charge in [0, 0.05) is 6.04 Å². The molecular formula is C16H28N2O3. The Hall–Kier alpha value is -1.26. The number of rotatable bonds is 4. The van der Waals surface area contributed by atoms with Crippen molar-refractivity contribution in [2.24, 2.45) is 11.3 Å². The van der Waals surface area contributed by atoms with E-state index >= 15 is 0 Å². The molecule has 5 heteroatoms. The summed E-state index contributed by atoms with van der Waals surface area (Å²) in [6, 6.07) is -0.943. The van der Waals surface area contributed by atoms with E-state index in [1.54, 1.807) is 0 Å². The van der Waals surface area contributed by atoms with Gasteiger partial charge in [-0.3, -0.25) is 0 Å². The number of aliphatic carboxylic acids is 1. The van der Waals surface area contributed by atoms with Crippen LogP contribution in [0.5, 0.6) is 0 Å². The predicted molar refractivity (Wildman–Crippen MR) is 81.1 cm³/mol. The van der Waals surface area contributed by atoms with Gasteiger partial charge in [0.15, 0.2) is 0 Å². The van der Waals surface area contributed by atoms with Gasteiger partial charge in [0.2, 0.25) is 0 Å². The highest BCUT2D eigenvalue weighted by Crippen LogP contribution is 2.37. The van der Waals surface area contributed by atoms with Crippen molar-refractivity contribution in [3.63, 3.8) is 0 Å². The first-order valence-electron chi connectivity index (χ1n) is 8.20. The third-order valence-corrected chi connectivity index (χ3v) is 5.24. The molecule has 0 radical (unpaired) electrons. The van der Waals surface area contributed by atoms with Crippen LogP contribution in [0.4, 0.5) is 4.79 Å². The van der Waals surface area contributed by atoms with E-state index in [9.17, 15) is 14.7 Å². The Morgan fingerprint density at radius 3 is 2.29 bits per heavy atom. The summed E-state index contributed by atoms with van der Waals surface area (Å²) in [7, 11) is 0. The molecule has 2 rings (SSSR count). The van der Waals surface area contributed by atoms with Crippen molar-refractivity contribution >= 4 is 12.0 Å². The van der Waals surface area contributed by atoms with Crippen LogP contribution in [0.1, 0.15) is 65.2 Å². The number of carboxylic acid groups (broad SMARTS) is 1. The summed E-state index contributed by atoms with van der Waals surface area (Å²) in [6.07, 6.45) is 8.28. The van der Waals surface area contributed by atoms with Crippen LogP contribution in [0, 0.1) is 11.3 Å². The Balaban J connectivity index is 1.90. The molecule has 0 heterocycles. The Morgan fingerprint density at radius 2 is 1.76 bits per heavy atom. The number of urea groups is 1. The van der Waals surface area contributed by atoms with Gasteiger partial charge in [-0.2, -0.15) is 0 Å². The minimum Gasteiger partial charge on any atom is -0.480 e. The zero-order valence-corrected chi connectivity index (χ0v) is 13.2. The molecule has 2 amide bonds. The number of nitrogens with one attached hydrogen (secondary N) is 2. The molecule has 0 aromatic rings. The molecule has 0 spiro atoms. The number of amides is 2. The fraction of sp³-hybridized carbons (Fsp3) is 0.875. The van der Waals surface area contributed by atoms with E-state index in [2.05, 4.69) is 24.5 Å². The third kappa shape index (κ3) is 4.11. The highest BCUT2D eigenvalue weighted by Gasteiger charge is 2.37. The van der Waals surface area contributed by atoms with Crippen LogP contribution < -0.4 is 10.6 Å². The summed E-state index contributed by atoms with van der Waals surface area (Å²) in [5.74, 6) is -0.846. The summed E-state index contributed by atoms with van der Waals surface area (Å²) in [5.41, 5.74) is 0.0981. The molecule has 2 atom stereocenters. The smallest absolute Gasteiger partial charge is 0.326 e. The lowest BCUT2D eigenvalue weighted by Crippen LogP contribution is -2.53. The van der Waals surface area contributed by atoms with Crippen LogP contribution in [0.25, 0.3) is 0 Å². The van der Waals surface area contributed by atoms with E-state index in [4.69, 9.17) is 0 Å². The zero-order chi connectivity index (χ0) is 15.5. The highest BCUT2D eigenvalue weighted by molar-refractivity contribution is 5.83. The lowest BCUT2D eigenvalue weighted by molar-refractivity contribution is -0.141. The number of hydrogen-bond donors (Lipinski definition) is 3. The fourth-order valence-corrected chi connectivity index (χ4v) is 3.78. The average molecular weight is 296 g/mol. The summed E-state index contributed by atoms with van der Waals surface area (Å²) >= 11 is 0. The van der Waals surface area contributed by atoms with E-state index < -0.39 is 12.0 Å². The quantitative estimate of drug-likeness (QED) is 0.746. The standard InChI is InChI=1S/C16H28N2O3/c1-16(2)10-6-9-12(16)17-15(21)18-13(14(19)20)11-7-4-3-5-8-11/h11-13H,3-10H2,1-2H3,(H,19,20)(H2,17,18,21). The van der Waals surface area contributed by atoms with Crippen molar-refractivity contribution in [3.05, 3.63) is 0 Å². The third-order valence-electron chi connectivity index (χ3n) is 5.24. The molecule has 0 bridgehead atoms. The van der Waals surface area contributed by atoms with Gasteiger partial charge in [-0.05, 0) is 37.0 Å². The van der Waals surface area contributed by atoms with E-state index in [-0.39, 0.29) is 23.4 Å². The molecule has 5 nitrogen and oxygen atoms in total. The fourth-order valence-electron chi connectivity index (χ4n) is 3.78. The summed E-state index contributed by atoms with van der Waals surface area (Å²) < 4.78 is 0. The molecule has 120 valence electrons. The van der Waals surface area contributed by atoms with Gasteiger partial charge in [-0.15, -0.1) is 0 Å². The van der Waals surface area contributed by atoms with E-state index in [0.29, 0.717) is 0 Å². The Kier molecular flexibility index (Phi) is 5.12.